The smallest absolute Gasteiger partial charge is 0.253 e. The fraction of sp³-hybridized carbons (Fsp3) is 0.385. The summed E-state index contributed by atoms with van der Waals surface area (Å²) in [5.74, 6) is 0.497. The summed E-state index contributed by atoms with van der Waals surface area (Å²) in [7, 11) is 1.55. The number of ether oxygens (including phenoxy) is 1. The van der Waals surface area contributed by atoms with Crippen molar-refractivity contribution in [2.45, 2.75) is 26.2 Å². The van der Waals surface area contributed by atoms with Gasteiger partial charge in [0.2, 0.25) is 5.88 Å². The highest BCUT2D eigenvalue weighted by atomic mass is 16.5. The summed E-state index contributed by atoms with van der Waals surface area (Å²) in [5.41, 5.74) is 1.05. The Bertz CT molecular complexity index is 609. The molecule has 0 aliphatic rings. The van der Waals surface area contributed by atoms with Gasteiger partial charge < -0.3 is 9.72 Å². The molecule has 1 N–H and O–H groups in total. The van der Waals surface area contributed by atoms with Crippen LogP contribution in [0.1, 0.15) is 26.3 Å². The second-order valence-electron chi connectivity index (χ2n) is 5.05. The van der Waals surface area contributed by atoms with Crippen LogP contribution in [0.3, 0.4) is 0 Å². The highest BCUT2D eigenvalue weighted by molar-refractivity contribution is 5.75. The van der Waals surface area contributed by atoms with Crippen LogP contribution < -0.4 is 10.3 Å². The minimum Gasteiger partial charge on any atom is -0.481 e. The maximum atomic E-state index is 11.9. The first-order valence-electron chi connectivity index (χ1n) is 5.50. The third kappa shape index (κ3) is 2.16. The molecule has 0 unspecified atom stereocenters. The molecule has 0 radical (unpaired) electrons. The van der Waals surface area contributed by atoms with Gasteiger partial charge in [-0.3, -0.25) is 4.79 Å². The van der Waals surface area contributed by atoms with Crippen molar-refractivity contribution in [1.82, 2.24) is 9.97 Å². The summed E-state index contributed by atoms with van der Waals surface area (Å²) in [6.07, 6.45) is 0. The molecule has 0 amide bonds. The third-order valence-electron chi connectivity index (χ3n) is 2.69. The molecular formula is C13H16N2O2. The molecule has 2 rings (SSSR count). The zero-order valence-corrected chi connectivity index (χ0v) is 10.5. The van der Waals surface area contributed by atoms with Crippen LogP contribution in [0.2, 0.25) is 0 Å². The molecule has 0 bridgehead atoms. The zero-order chi connectivity index (χ0) is 12.6. The maximum Gasteiger partial charge on any atom is 0.253 e. The van der Waals surface area contributed by atoms with Crippen molar-refractivity contribution in [3.8, 4) is 5.88 Å². The first kappa shape index (κ1) is 11.6. The summed E-state index contributed by atoms with van der Waals surface area (Å²) in [6.45, 7) is 6.04. The van der Waals surface area contributed by atoms with Crippen LogP contribution in [0.25, 0.3) is 11.0 Å². The number of hydrogen-bond acceptors (Lipinski definition) is 3. The lowest BCUT2D eigenvalue weighted by Crippen LogP contribution is -2.24. The van der Waals surface area contributed by atoms with Crippen molar-refractivity contribution >= 4 is 11.0 Å². The van der Waals surface area contributed by atoms with E-state index in [1.165, 1.54) is 0 Å². The average molecular weight is 232 g/mol. The SMILES string of the molecule is COc1ccc2cc(C(C)(C)C)c(=O)[nH]c2n1. The average Bonchev–Trinajstić information content (AvgIpc) is 2.25. The lowest BCUT2D eigenvalue weighted by atomic mass is 9.87. The van der Waals surface area contributed by atoms with Gasteiger partial charge in [-0.15, -0.1) is 0 Å². The van der Waals surface area contributed by atoms with Gasteiger partial charge in [-0.05, 0) is 17.5 Å². The molecule has 0 saturated heterocycles. The van der Waals surface area contributed by atoms with Gasteiger partial charge in [-0.25, -0.2) is 0 Å². The van der Waals surface area contributed by atoms with Crippen molar-refractivity contribution in [2.24, 2.45) is 0 Å². The summed E-state index contributed by atoms with van der Waals surface area (Å²) < 4.78 is 5.03. The molecule has 0 aliphatic carbocycles. The quantitative estimate of drug-likeness (QED) is 0.820. The first-order valence-corrected chi connectivity index (χ1v) is 5.50. The number of aromatic nitrogens is 2. The number of nitrogens with zero attached hydrogens (tertiary/aromatic N) is 1. The Labute approximate surface area is 99.7 Å². The standard InChI is InChI=1S/C13H16N2O2/c1-13(2,3)9-7-8-5-6-10(17-4)14-11(8)15-12(9)16/h5-7H,1-4H3,(H,14,15,16). The summed E-state index contributed by atoms with van der Waals surface area (Å²) in [4.78, 5) is 18.9. The van der Waals surface area contributed by atoms with Gasteiger partial charge in [0.15, 0.2) is 0 Å². The van der Waals surface area contributed by atoms with Crippen molar-refractivity contribution in [3.05, 3.63) is 34.1 Å². The van der Waals surface area contributed by atoms with Gasteiger partial charge >= 0.3 is 0 Å². The van der Waals surface area contributed by atoms with Gasteiger partial charge in [0, 0.05) is 17.0 Å². The minimum atomic E-state index is -0.179. The van der Waals surface area contributed by atoms with Crippen LogP contribution in [0, 0.1) is 0 Å². The molecule has 0 fully saturated rings. The molecule has 0 saturated carbocycles. The summed E-state index contributed by atoms with van der Waals surface area (Å²) in [5, 5.41) is 0.912. The number of pyridine rings is 2. The molecular weight excluding hydrogens is 216 g/mol. The maximum absolute atomic E-state index is 11.9. The monoisotopic (exact) mass is 232 g/mol. The molecule has 0 atom stereocenters. The van der Waals surface area contributed by atoms with Crippen LogP contribution in [0.15, 0.2) is 23.0 Å². The van der Waals surface area contributed by atoms with E-state index in [4.69, 9.17) is 4.74 Å². The van der Waals surface area contributed by atoms with Crippen molar-refractivity contribution in [2.75, 3.05) is 7.11 Å². The van der Waals surface area contributed by atoms with Crippen molar-refractivity contribution in [3.63, 3.8) is 0 Å². The number of rotatable bonds is 1. The lowest BCUT2D eigenvalue weighted by Gasteiger charge is -2.17. The van der Waals surface area contributed by atoms with E-state index in [0.29, 0.717) is 11.5 Å². The molecule has 0 aromatic carbocycles. The van der Waals surface area contributed by atoms with E-state index >= 15 is 0 Å². The Morgan fingerprint density at radius 2 is 2.00 bits per heavy atom. The first-order chi connectivity index (χ1) is 7.91. The van der Waals surface area contributed by atoms with E-state index in [9.17, 15) is 4.79 Å². The van der Waals surface area contributed by atoms with Crippen LogP contribution in [0.5, 0.6) is 5.88 Å². The van der Waals surface area contributed by atoms with Gasteiger partial charge in [-0.1, -0.05) is 20.8 Å². The number of aromatic amines is 1. The molecule has 90 valence electrons. The molecule has 0 aliphatic heterocycles. The molecule has 2 aromatic rings. The second kappa shape index (κ2) is 3.87. The lowest BCUT2D eigenvalue weighted by molar-refractivity contribution is 0.399. The van der Waals surface area contributed by atoms with Gasteiger partial charge in [0.05, 0.1) is 7.11 Å². The predicted molar refractivity (Wildman–Crippen MR) is 67.6 cm³/mol. The van der Waals surface area contributed by atoms with E-state index in [2.05, 4.69) is 9.97 Å². The van der Waals surface area contributed by atoms with E-state index in [-0.39, 0.29) is 11.0 Å². The van der Waals surface area contributed by atoms with Gasteiger partial charge in [-0.2, -0.15) is 4.98 Å². The van der Waals surface area contributed by atoms with Crippen LogP contribution in [-0.2, 0) is 5.41 Å². The topological polar surface area (TPSA) is 55.0 Å². The molecule has 2 heterocycles. The van der Waals surface area contributed by atoms with Crippen molar-refractivity contribution in [1.29, 1.82) is 0 Å². The number of methoxy groups -OCH3 is 1. The predicted octanol–water partition coefficient (Wildman–Crippen LogP) is 2.23. The van der Waals surface area contributed by atoms with E-state index in [1.54, 1.807) is 13.2 Å². The fourth-order valence-corrected chi connectivity index (χ4v) is 1.74. The van der Waals surface area contributed by atoms with Crippen molar-refractivity contribution < 1.29 is 4.74 Å². The van der Waals surface area contributed by atoms with Gasteiger partial charge in [0.1, 0.15) is 5.65 Å². The minimum absolute atomic E-state index is 0.0919. The molecule has 4 nitrogen and oxygen atoms in total. The largest absolute Gasteiger partial charge is 0.481 e. The molecule has 17 heavy (non-hydrogen) atoms. The molecule has 2 aromatic heterocycles. The van der Waals surface area contributed by atoms with Crippen LogP contribution in [0.4, 0.5) is 0 Å². The van der Waals surface area contributed by atoms with Gasteiger partial charge in [0.25, 0.3) is 5.56 Å². The fourth-order valence-electron chi connectivity index (χ4n) is 1.74. The number of H-pyrrole nitrogens is 1. The van der Waals surface area contributed by atoms with Crippen LogP contribution >= 0.6 is 0 Å². The molecule has 4 heteroatoms. The highest BCUT2D eigenvalue weighted by Crippen LogP contribution is 2.22. The Kier molecular flexibility index (Phi) is 2.65. The Balaban J connectivity index is 2.71. The molecule has 0 spiro atoms. The third-order valence-corrected chi connectivity index (χ3v) is 2.69. The highest BCUT2D eigenvalue weighted by Gasteiger charge is 2.18. The Morgan fingerprint density at radius 3 is 2.59 bits per heavy atom. The number of fused-ring (bicyclic) bond motifs is 1. The Hall–Kier alpha value is -1.84. The summed E-state index contributed by atoms with van der Waals surface area (Å²) >= 11 is 0. The number of hydrogen-bond donors (Lipinski definition) is 1. The Morgan fingerprint density at radius 1 is 1.29 bits per heavy atom. The normalized spacial score (nSPS) is 11.8. The summed E-state index contributed by atoms with van der Waals surface area (Å²) in [6, 6.07) is 5.57. The van der Waals surface area contributed by atoms with E-state index in [0.717, 1.165) is 10.9 Å². The second-order valence-corrected chi connectivity index (χ2v) is 5.05. The number of nitrogens with one attached hydrogen (secondary N) is 1. The van der Waals surface area contributed by atoms with E-state index in [1.807, 2.05) is 32.9 Å². The zero-order valence-electron chi connectivity index (χ0n) is 10.5. The van der Waals surface area contributed by atoms with Crippen LogP contribution in [-0.4, -0.2) is 17.1 Å². The van der Waals surface area contributed by atoms with E-state index < -0.39 is 0 Å².